The number of aryl methyl sites for hydroxylation is 1. The molecule has 2 aromatic rings. The lowest BCUT2D eigenvalue weighted by Crippen LogP contribution is -2.17. The summed E-state index contributed by atoms with van der Waals surface area (Å²) in [6, 6.07) is 5.33. The van der Waals surface area contributed by atoms with Crippen LogP contribution in [-0.4, -0.2) is 31.3 Å². The molecule has 0 radical (unpaired) electrons. The molecule has 2 rings (SSSR count). The lowest BCUT2D eigenvalue weighted by atomic mass is 10.2. The van der Waals surface area contributed by atoms with Gasteiger partial charge in [0, 0.05) is 0 Å². The van der Waals surface area contributed by atoms with Crippen molar-refractivity contribution in [3.8, 4) is 11.5 Å². The molecule has 0 bridgehead atoms. The zero-order valence-corrected chi connectivity index (χ0v) is 13.9. The van der Waals surface area contributed by atoms with Crippen LogP contribution in [0.1, 0.15) is 27.9 Å². The predicted molar refractivity (Wildman–Crippen MR) is 90.5 cm³/mol. The highest BCUT2D eigenvalue weighted by atomic mass is 32.1. The topological polar surface area (TPSA) is 98.8 Å². The molecule has 0 saturated carbocycles. The van der Waals surface area contributed by atoms with Crippen molar-refractivity contribution in [2.75, 3.05) is 20.0 Å². The second-order valence-corrected chi connectivity index (χ2v) is 5.53. The Labute approximate surface area is 138 Å². The Bertz CT molecular complexity index is 728. The van der Waals surface area contributed by atoms with Crippen LogP contribution in [0.4, 0.5) is 5.13 Å². The highest BCUT2D eigenvalue weighted by Gasteiger charge is 2.15. The molecular weight excluding hydrogens is 316 g/mol. The number of aromatic nitrogens is 1. The summed E-state index contributed by atoms with van der Waals surface area (Å²) in [5.41, 5.74) is 9.55. The number of nitrogens with zero attached hydrogens (tertiary/aromatic N) is 2. The normalized spacial score (nSPS) is 10.7. The second-order valence-electron chi connectivity index (χ2n) is 4.50. The summed E-state index contributed by atoms with van der Waals surface area (Å²) in [5, 5.41) is 4.32. The molecule has 0 aliphatic rings. The Kier molecular flexibility index (Phi) is 5.53. The first-order valence-electron chi connectivity index (χ1n) is 6.89. The van der Waals surface area contributed by atoms with Crippen LogP contribution in [-0.2, 0) is 6.42 Å². The third kappa shape index (κ3) is 3.98. The van der Waals surface area contributed by atoms with Crippen LogP contribution >= 0.6 is 11.3 Å². The first-order valence-corrected chi connectivity index (χ1v) is 7.71. The zero-order chi connectivity index (χ0) is 16.8. The number of anilines is 1. The van der Waals surface area contributed by atoms with Gasteiger partial charge in [-0.2, -0.15) is 5.10 Å². The van der Waals surface area contributed by atoms with Gasteiger partial charge < -0.3 is 15.2 Å². The summed E-state index contributed by atoms with van der Waals surface area (Å²) in [5.74, 6) is 0.889. The van der Waals surface area contributed by atoms with Gasteiger partial charge in [0.05, 0.1) is 26.1 Å². The molecule has 1 aromatic heterocycles. The molecule has 1 aromatic carbocycles. The van der Waals surface area contributed by atoms with Gasteiger partial charge in [0.15, 0.2) is 16.6 Å². The van der Waals surface area contributed by atoms with E-state index in [1.165, 1.54) is 6.21 Å². The van der Waals surface area contributed by atoms with E-state index in [0.29, 0.717) is 33.6 Å². The molecule has 0 fully saturated rings. The fourth-order valence-corrected chi connectivity index (χ4v) is 2.75. The third-order valence-electron chi connectivity index (χ3n) is 3.04. The number of benzene rings is 1. The van der Waals surface area contributed by atoms with E-state index < -0.39 is 0 Å². The fourth-order valence-electron chi connectivity index (χ4n) is 1.94. The minimum atomic E-state index is -0.326. The van der Waals surface area contributed by atoms with E-state index in [9.17, 15) is 4.79 Å². The van der Waals surface area contributed by atoms with E-state index in [2.05, 4.69) is 15.5 Å². The number of hydrogen-bond donors (Lipinski definition) is 2. The lowest BCUT2D eigenvalue weighted by molar-refractivity contribution is 0.0958. The smallest absolute Gasteiger partial charge is 0.283 e. The summed E-state index contributed by atoms with van der Waals surface area (Å²) in [6.07, 6.45) is 2.16. The Morgan fingerprint density at radius 3 is 2.78 bits per heavy atom. The number of carbonyl (C=O) groups is 1. The zero-order valence-electron chi connectivity index (χ0n) is 13.1. The Hall–Kier alpha value is -2.61. The maximum atomic E-state index is 12.1. The summed E-state index contributed by atoms with van der Waals surface area (Å²) < 4.78 is 10.4. The Morgan fingerprint density at radius 2 is 2.13 bits per heavy atom. The molecule has 0 unspecified atom stereocenters. The number of nitrogens with one attached hydrogen (secondary N) is 1. The molecule has 0 spiro atoms. The van der Waals surface area contributed by atoms with E-state index in [1.54, 1.807) is 32.4 Å². The molecule has 0 atom stereocenters. The van der Waals surface area contributed by atoms with Crippen LogP contribution in [0.15, 0.2) is 23.3 Å². The van der Waals surface area contributed by atoms with Crippen molar-refractivity contribution in [3.63, 3.8) is 0 Å². The molecule has 8 heteroatoms. The molecule has 7 nitrogen and oxygen atoms in total. The predicted octanol–water partition coefficient (Wildman–Crippen LogP) is 2.07. The van der Waals surface area contributed by atoms with Gasteiger partial charge >= 0.3 is 0 Å². The highest BCUT2D eigenvalue weighted by molar-refractivity contribution is 7.17. The van der Waals surface area contributed by atoms with Crippen molar-refractivity contribution in [3.05, 3.63) is 34.3 Å². The van der Waals surface area contributed by atoms with Crippen molar-refractivity contribution in [1.82, 2.24) is 10.4 Å². The maximum absolute atomic E-state index is 12.1. The molecule has 0 aliphatic heterocycles. The number of hydrazone groups is 1. The summed E-state index contributed by atoms with van der Waals surface area (Å²) in [7, 11) is 3.12. The summed E-state index contributed by atoms with van der Waals surface area (Å²) >= 11 is 1.15. The largest absolute Gasteiger partial charge is 0.493 e. The number of nitrogens with two attached hydrogens (primary N) is 1. The first kappa shape index (κ1) is 16.8. The number of hydrogen-bond acceptors (Lipinski definition) is 7. The first-order chi connectivity index (χ1) is 11.1. The van der Waals surface area contributed by atoms with E-state index in [1.807, 2.05) is 6.92 Å². The number of nitrogen functional groups attached to an aromatic ring is 1. The molecule has 23 heavy (non-hydrogen) atoms. The number of thiazole rings is 1. The van der Waals surface area contributed by atoms with Crippen LogP contribution in [0.25, 0.3) is 0 Å². The van der Waals surface area contributed by atoms with Crippen molar-refractivity contribution in [2.45, 2.75) is 13.3 Å². The van der Waals surface area contributed by atoms with Crippen molar-refractivity contribution in [1.29, 1.82) is 0 Å². The molecule has 3 N–H and O–H groups in total. The SMILES string of the molecule is CCc1nc(N)sc1C(=O)N/N=C\c1ccc(OC)c(OC)c1. The van der Waals surface area contributed by atoms with Gasteiger partial charge in [0.2, 0.25) is 0 Å². The van der Waals surface area contributed by atoms with Gasteiger partial charge in [-0.3, -0.25) is 4.79 Å². The molecule has 1 amide bonds. The Morgan fingerprint density at radius 1 is 1.39 bits per heavy atom. The van der Waals surface area contributed by atoms with Gasteiger partial charge in [-0.05, 0) is 30.2 Å². The van der Waals surface area contributed by atoms with E-state index in [4.69, 9.17) is 15.2 Å². The van der Waals surface area contributed by atoms with Gasteiger partial charge in [0.1, 0.15) is 4.88 Å². The standard InChI is InChI=1S/C15H18N4O3S/c1-4-10-13(23-15(16)18-10)14(20)19-17-8-9-5-6-11(21-2)12(7-9)22-3/h5-8H,4H2,1-3H3,(H2,16,18)(H,19,20)/b17-8-. The van der Waals surface area contributed by atoms with Crippen LogP contribution < -0.4 is 20.6 Å². The summed E-state index contributed by atoms with van der Waals surface area (Å²) in [6.45, 7) is 1.91. The molecule has 1 heterocycles. The average molecular weight is 334 g/mol. The average Bonchev–Trinajstić information content (AvgIpc) is 2.95. The van der Waals surface area contributed by atoms with Crippen LogP contribution in [0.2, 0.25) is 0 Å². The maximum Gasteiger partial charge on any atom is 0.283 e. The van der Waals surface area contributed by atoms with Crippen molar-refractivity contribution in [2.24, 2.45) is 5.10 Å². The van der Waals surface area contributed by atoms with Crippen LogP contribution in [0, 0.1) is 0 Å². The number of ether oxygens (including phenoxy) is 2. The van der Waals surface area contributed by atoms with Crippen LogP contribution in [0.3, 0.4) is 0 Å². The number of amides is 1. The van der Waals surface area contributed by atoms with Gasteiger partial charge in [0.25, 0.3) is 5.91 Å². The molecule has 0 saturated heterocycles. The quantitative estimate of drug-likeness (QED) is 0.622. The van der Waals surface area contributed by atoms with E-state index in [-0.39, 0.29) is 5.91 Å². The number of carbonyl (C=O) groups excluding carboxylic acids is 1. The highest BCUT2D eigenvalue weighted by Crippen LogP contribution is 2.26. The monoisotopic (exact) mass is 334 g/mol. The minimum Gasteiger partial charge on any atom is -0.493 e. The van der Waals surface area contributed by atoms with Crippen molar-refractivity contribution >= 4 is 28.6 Å². The molecule has 122 valence electrons. The fraction of sp³-hybridized carbons (Fsp3) is 0.267. The Balaban J connectivity index is 2.08. The van der Waals surface area contributed by atoms with Gasteiger partial charge in [-0.1, -0.05) is 18.3 Å². The molecular formula is C15H18N4O3S. The number of rotatable bonds is 6. The minimum absolute atomic E-state index is 0.326. The molecule has 0 aliphatic carbocycles. The van der Waals surface area contributed by atoms with Gasteiger partial charge in [-0.25, -0.2) is 10.4 Å². The van der Waals surface area contributed by atoms with Gasteiger partial charge in [-0.15, -0.1) is 0 Å². The number of methoxy groups -OCH3 is 2. The summed E-state index contributed by atoms with van der Waals surface area (Å²) in [4.78, 5) is 16.7. The van der Waals surface area contributed by atoms with E-state index in [0.717, 1.165) is 16.9 Å². The van der Waals surface area contributed by atoms with Crippen molar-refractivity contribution < 1.29 is 14.3 Å². The third-order valence-corrected chi connectivity index (χ3v) is 3.97. The van der Waals surface area contributed by atoms with E-state index >= 15 is 0 Å². The van der Waals surface area contributed by atoms with Crippen LogP contribution in [0.5, 0.6) is 11.5 Å². The second kappa shape index (κ2) is 7.59. The lowest BCUT2D eigenvalue weighted by Gasteiger charge is -2.07.